The molecule has 16 heavy (non-hydrogen) atoms. The van der Waals surface area contributed by atoms with Crippen molar-refractivity contribution in [1.29, 1.82) is 0 Å². The van der Waals surface area contributed by atoms with Crippen molar-refractivity contribution in [3.05, 3.63) is 18.3 Å². The first kappa shape index (κ1) is 12.8. The summed E-state index contributed by atoms with van der Waals surface area (Å²) in [6, 6.07) is 4.30. The van der Waals surface area contributed by atoms with Crippen LogP contribution in [0.1, 0.15) is 40.0 Å². The fourth-order valence-corrected chi connectivity index (χ4v) is 1.57. The average molecular weight is 222 g/mol. The molecule has 0 amide bonds. The van der Waals surface area contributed by atoms with Gasteiger partial charge in [-0.1, -0.05) is 20.3 Å². The zero-order chi connectivity index (χ0) is 11.8. The Kier molecular flexibility index (Phi) is 5.68. The van der Waals surface area contributed by atoms with Crippen molar-refractivity contribution < 1.29 is 4.74 Å². The highest BCUT2D eigenvalue weighted by Gasteiger charge is 2.07. The van der Waals surface area contributed by atoms with Crippen LogP contribution >= 0.6 is 0 Å². The highest BCUT2D eigenvalue weighted by atomic mass is 16.5. The van der Waals surface area contributed by atoms with E-state index < -0.39 is 0 Å². The summed E-state index contributed by atoms with van der Waals surface area (Å²) in [7, 11) is 0. The van der Waals surface area contributed by atoms with Crippen molar-refractivity contribution in [3.63, 3.8) is 0 Å². The third-order valence-corrected chi connectivity index (χ3v) is 2.34. The molecule has 0 aromatic carbocycles. The maximum Gasteiger partial charge on any atom is 0.168 e. The topological polar surface area (TPSA) is 34.1 Å². The molecule has 0 aliphatic rings. The van der Waals surface area contributed by atoms with Gasteiger partial charge in [-0.15, -0.1) is 0 Å². The number of nitrogens with one attached hydrogen (secondary N) is 1. The second-order valence-electron chi connectivity index (χ2n) is 4.03. The monoisotopic (exact) mass is 222 g/mol. The third kappa shape index (κ3) is 4.09. The molecule has 0 aliphatic carbocycles. The molecule has 0 fully saturated rings. The Hall–Kier alpha value is -1.25. The Morgan fingerprint density at radius 1 is 1.38 bits per heavy atom. The Morgan fingerprint density at radius 3 is 2.88 bits per heavy atom. The average Bonchev–Trinajstić information content (AvgIpc) is 2.28. The van der Waals surface area contributed by atoms with E-state index in [2.05, 4.69) is 31.1 Å². The molecule has 1 atom stereocenters. The summed E-state index contributed by atoms with van der Waals surface area (Å²) in [6.45, 7) is 7.19. The van der Waals surface area contributed by atoms with Crippen molar-refractivity contribution in [1.82, 2.24) is 4.98 Å². The van der Waals surface area contributed by atoms with Gasteiger partial charge in [0.15, 0.2) is 11.6 Å². The molecule has 0 spiro atoms. The van der Waals surface area contributed by atoms with Crippen LogP contribution in [0.4, 0.5) is 5.82 Å². The second kappa shape index (κ2) is 7.09. The van der Waals surface area contributed by atoms with E-state index in [1.165, 1.54) is 6.42 Å². The molecular weight excluding hydrogens is 200 g/mol. The van der Waals surface area contributed by atoms with Crippen molar-refractivity contribution in [3.8, 4) is 5.75 Å². The third-order valence-electron chi connectivity index (χ3n) is 2.34. The van der Waals surface area contributed by atoms with Crippen molar-refractivity contribution >= 4 is 5.82 Å². The molecule has 0 bridgehead atoms. The molecule has 1 aromatic heterocycles. The van der Waals surface area contributed by atoms with Gasteiger partial charge in [0.05, 0.1) is 6.61 Å². The van der Waals surface area contributed by atoms with Crippen LogP contribution < -0.4 is 10.1 Å². The highest BCUT2D eigenvalue weighted by Crippen LogP contribution is 2.22. The van der Waals surface area contributed by atoms with Gasteiger partial charge in [-0.25, -0.2) is 4.98 Å². The molecule has 1 unspecified atom stereocenters. The summed E-state index contributed by atoms with van der Waals surface area (Å²) in [6.07, 6.45) is 5.12. The number of hydrogen-bond acceptors (Lipinski definition) is 3. The van der Waals surface area contributed by atoms with Crippen LogP contribution in [-0.2, 0) is 0 Å². The van der Waals surface area contributed by atoms with E-state index in [9.17, 15) is 0 Å². The zero-order valence-electron chi connectivity index (χ0n) is 10.5. The van der Waals surface area contributed by atoms with Crippen molar-refractivity contribution in [2.75, 3.05) is 11.9 Å². The summed E-state index contributed by atoms with van der Waals surface area (Å²) < 4.78 is 5.64. The standard InChI is InChI=1S/C13H22N2O/c1-4-7-11(3)15-13-12(16-10-5-2)8-6-9-14-13/h6,8-9,11H,4-5,7,10H2,1-3H3,(H,14,15). The number of hydrogen-bond donors (Lipinski definition) is 1. The van der Waals surface area contributed by atoms with Gasteiger partial charge in [0.1, 0.15) is 0 Å². The van der Waals surface area contributed by atoms with Crippen LogP contribution in [0.25, 0.3) is 0 Å². The van der Waals surface area contributed by atoms with Crippen LogP contribution in [0.5, 0.6) is 5.75 Å². The van der Waals surface area contributed by atoms with Crippen LogP contribution in [-0.4, -0.2) is 17.6 Å². The second-order valence-corrected chi connectivity index (χ2v) is 4.03. The normalized spacial score (nSPS) is 12.2. The van der Waals surface area contributed by atoms with E-state index in [-0.39, 0.29) is 0 Å². The zero-order valence-corrected chi connectivity index (χ0v) is 10.5. The predicted molar refractivity (Wildman–Crippen MR) is 68.0 cm³/mol. The van der Waals surface area contributed by atoms with Crippen molar-refractivity contribution in [2.24, 2.45) is 0 Å². The van der Waals surface area contributed by atoms with Gasteiger partial charge >= 0.3 is 0 Å². The van der Waals surface area contributed by atoms with Crippen molar-refractivity contribution in [2.45, 2.75) is 46.1 Å². The predicted octanol–water partition coefficient (Wildman–Crippen LogP) is 3.47. The van der Waals surface area contributed by atoms with Crippen LogP contribution in [0.15, 0.2) is 18.3 Å². The Labute approximate surface area is 98.2 Å². The van der Waals surface area contributed by atoms with E-state index in [1.54, 1.807) is 6.20 Å². The fraction of sp³-hybridized carbons (Fsp3) is 0.615. The maximum atomic E-state index is 5.64. The summed E-state index contributed by atoms with van der Waals surface area (Å²) >= 11 is 0. The summed E-state index contributed by atoms with van der Waals surface area (Å²) in [5.74, 6) is 1.71. The summed E-state index contributed by atoms with van der Waals surface area (Å²) in [5, 5.41) is 3.38. The maximum absolute atomic E-state index is 5.64. The van der Waals surface area contributed by atoms with Gasteiger partial charge in [-0.05, 0) is 31.9 Å². The SMILES string of the molecule is CCCOc1cccnc1NC(C)CCC. The van der Waals surface area contributed by atoms with Gasteiger partial charge in [0.25, 0.3) is 0 Å². The van der Waals surface area contributed by atoms with Gasteiger partial charge in [0, 0.05) is 12.2 Å². The van der Waals surface area contributed by atoms with Crippen LogP contribution in [0, 0.1) is 0 Å². The van der Waals surface area contributed by atoms with Gasteiger partial charge in [-0.2, -0.15) is 0 Å². The van der Waals surface area contributed by atoms with Crippen LogP contribution in [0.2, 0.25) is 0 Å². The molecule has 90 valence electrons. The lowest BCUT2D eigenvalue weighted by atomic mass is 10.2. The quantitative estimate of drug-likeness (QED) is 0.767. The van der Waals surface area contributed by atoms with Gasteiger partial charge in [0.2, 0.25) is 0 Å². The summed E-state index contributed by atoms with van der Waals surface area (Å²) in [5.41, 5.74) is 0. The first-order valence-corrected chi connectivity index (χ1v) is 6.12. The molecule has 0 aliphatic heterocycles. The molecular formula is C13H22N2O. The lowest BCUT2D eigenvalue weighted by molar-refractivity contribution is 0.317. The molecule has 0 saturated carbocycles. The minimum Gasteiger partial charge on any atom is -0.490 e. The number of anilines is 1. The molecule has 1 heterocycles. The molecule has 0 radical (unpaired) electrons. The summed E-state index contributed by atoms with van der Waals surface area (Å²) in [4.78, 5) is 4.32. The van der Waals surface area contributed by atoms with E-state index in [0.29, 0.717) is 6.04 Å². The van der Waals surface area contributed by atoms with Crippen LogP contribution in [0.3, 0.4) is 0 Å². The molecule has 0 saturated heterocycles. The highest BCUT2D eigenvalue weighted by molar-refractivity contribution is 5.49. The Morgan fingerprint density at radius 2 is 2.19 bits per heavy atom. The minimum absolute atomic E-state index is 0.434. The number of rotatable bonds is 7. The first-order valence-electron chi connectivity index (χ1n) is 6.12. The van der Waals surface area contributed by atoms with Gasteiger partial charge < -0.3 is 10.1 Å². The van der Waals surface area contributed by atoms with E-state index in [0.717, 1.165) is 31.0 Å². The lowest BCUT2D eigenvalue weighted by Gasteiger charge is -2.16. The molecule has 3 heteroatoms. The first-order chi connectivity index (χ1) is 7.77. The molecule has 3 nitrogen and oxygen atoms in total. The smallest absolute Gasteiger partial charge is 0.168 e. The Bertz CT molecular complexity index is 302. The van der Waals surface area contributed by atoms with E-state index >= 15 is 0 Å². The number of aromatic nitrogens is 1. The number of nitrogens with zero attached hydrogens (tertiary/aromatic N) is 1. The molecule has 1 aromatic rings. The molecule has 1 rings (SSSR count). The van der Waals surface area contributed by atoms with Gasteiger partial charge in [-0.3, -0.25) is 0 Å². The largest absolute Gasteiger partial charge is 0.490 e. The minimum atomic E-state index is 0.434. The van der Waals surface area contributed by atoms with E-state index in [4.69, 9.17) is 4.74 Å². The number of pyridine rings is 1. The van der Waals surface area contributed by atoms with E-state index in [1.807, 2.05) is 12.1 Å². The Balaban J connectivity index is 2.62. The molecule has 1 N–H and O–H groups in total. The lowest BCUT2D eigenvalue weighted by Crippen LogP contribution is -2.16. The fourth-order valence-electron chi connectivity index (χ4n) is 1.57. The number of ether oxygens (including phenoxy) is 1.